The summed E-state index contributed by atoms with van der Waals surface area (Å²) in [5.41, 5.74) is 4.07. The molecule has 0 saturated carbocycles. The van der Waals surface area contributed by atoms with Crippen molar-refractivity contribution in [2.75, 3.05) is 25.5 Å². The largest absolute Gasteiger partial charge is 0.466 e. The van der Waals surface area contributed by atoms with Gasteiger partial charge in [0, 0.05) is 18.3 Å². The molecule has 2 saturated heterocycles. The average Bonchev–Trinajstić information content (AvgIpc) is 3.18. The van der Waals surface area contributed by atoms with Crippen molar-refractivity contribution >= 4 is 23.3 Å². The number of halogens is 1. The topological polar surface area (TPSA) is 41.6 Å². The molecule has 1 aromatic carbocycles. The molecule has 132 valence electrons. The monoisotopic (exact) mass is 358 g/mol. The van der Waals surface area contributed by atoms with E-state index in [1.54, 1.807) is 0 Å². The van der Waals surface area contributed by atoms with E-state index >= 15 is 0 Å². The molecule has 3 aliphatic heterocycles. The molecule has 2 bridgehead atoms. The predicted octanol–water partition coefficient (Wildman–Crippen LogP) is 3.56. The Balaban J connectivity index is 1.80. The summed E-state index contributed by atoms with van der Waals surface area (Å²) in [6.45, 7) is 4.40. The Kier molecular flexibility index (Phi) is 3.29. The van der Waals surface area contributed by atoms with E-state index in [0.29, 0.717) is 12.0 Å². The van der Waals surface area contributed by atoms with Crippen LogP contribution in [0.25, 0.3) is 0 Å². The smallest absolute Gasteiger partial charge is 0.335 e. The fraction of sp³-hybridized carbons (Fsp3) is 0.550. The number of para-hydroxylation sites is 1. The van der Waals surface area contributed by atoms with Gasteiger partial charge < -0.3 is 10.1 Å². The van der Waals surface area contributed by atoms with Crippen molar-refractivity contribution in [2.45, 2.75) is 37.6 Å². The van der Waals surface area contributed by atoms with Gasteiger partial charge in [-0.05, 0) is 42.9 Å². The summed E-state index contributed by atoms with van der Waals surface area (Å²) in [5, 5.41) is 4.32. The van der Waals surface area contributed by atoms with Crippen LogP contribution in [0.4, 0.5) is 5.69 Å². The fourth-order valence-electron chi connectivity index (χ4n) is 6.01. The predicted molar refractivity (Wildman–Crippen MR) is 97.7 cm³/mol. The number of carbonyl (C=O) groups excluding carboxylic acids is 1. The number of anilines is 1. The van der Waals surface area contributed by atoms with E-state index in [0.717, 1.165) is 54.3 Å². The van der Waals surface area contributed by atoms with Crippen LogP contribution in [0.3, 0.4) is 0 Å². The molecular formula is C20H23ClN2O2. The van der Waals surface area contributed by atoms with E-state index in [2.05, 4.69) is 23.2 Å². The third-order valence-electron chi connectivity index (χ3n) is 7.08. The molecule has 0 amide bonds. The van der Waals surface area contributed by atoms with Gasteiger partial charge in [-0.25, -0.2) is 4.79 Å². The van der Waals surface area contributed by atoms with E-state index in [9.17, 15) is 4.79 Å². The van der Waals surface area contributed by atoms with Crippen LogP contribution in [0.5, 0.6) is 0 Å². The standard InChI is InChI=1S/C20H23ClN2O2/c1-3-11-10-23-8-7-20-13-5-4-6-14(21)17(13)22-18(20)16(19(24)25-2)12(11)9-15(20)23/h4-6,11-12,15,22H,3,7-10H2,1-2H3/t11-,12+,15?,20-/m1/s1. The number of nitrogens with one attached hydrogen (secondary N) is 1. The number of hydrogen-bond donors (Lipinski definition) is 1. The van der Waals surface area contributed by atoms with Crippen molar-refractivity contribution in [1.29, 1.82) is 0 Å². The molecule has 4 aliphatic rings. The zero-order valence-corrected chi connectivity index (χ0v) is 15.4. The molecule has 3 heterocycles. The van der Waals surface area contributed by atoms with Crippen LogP contribution in [0.2, 0.25) is 5.02 Å². The summed E-state index contributed by atoms with van der Waals surface area (Å²) in [4.78, 5) is 15.5. The first kappa shape index (κ1) is 15.7. The molecule has 4 nitrogen and oxygen atoms in total. The highest BCUT2D eigenvalue weighted by atomic mass is 35.5. The molecule has 25 heavy (non-hydrogen) atoms. The zero-order valence-electron chi connectivity index (χ0n) is 14.6. The van der Waals surface area contributed by atoms with Gasteiger partial charge in [0.15, 0.2) is 0 Å². The van der Waals surface area contributed by atoms with Gasteiger partial charge in [-0.1, -0.05) is 37.1 Å². The minimum Gasteiger partial charge on any atom is -0.466 e. The fourth-order valence-corrected chi connectivity index (χ4v) is 6.23. The first-order chi connectivity index (χ1) is 12.1. The first-order valence-electron chi connectivity index (χ1n) is 9.24. The lowest BCUT2D eigenvalue weighted by Crippen LogP contribution is -2.55. The molecule has 4 atom stereocenters. The highest BCUT2D eigenvalue weighted by Crippen LogP contribution is 2.62. The lowest BCUT2D eigenvalue weighted by atomic mass is 9.60. The lowest BCUT2D eigenvalue weighted by Gasteiger charge is -2.50. The summed E-state index contributed by atoms with van der Waals surface area (Å²) in [5.74, 6) is 0.614. The third-order valence-corrected chi connectivity index (χ3v) is 7.39. The Hall–Kier alpha value is -1.52. The van der Waals surface area contributed by atoms with Gasteiger partial charge in [0.2, 0.25) is 0 Å². The quantitative estimate of drug-likeness (QED) is 0.821. The Bertz CT molecular complexity index is 805. The molecule has 2 fully saturated rings. The van der Waals surface area contributed by atoms with Gasteiger partial charge in [-0.3, -0.25) is 4.90 Å². The number of carbonyl (C=O) groups is 1. The SMILES string of the molecule is CC[C@@H]1CN2CC[C@]34C(=C(C(=O)OC)[C@H]1CC23)Nc1c(Cl)cccc14. The van der Waals surface area contributed by atoms with Crippen molar-refractivity contribution in [1.82, 2.24) is 4.90 Å². The Morgan fingerprint density at radius 3 is 3.08 bits per heavy atom. The number of fused-ring (bicyclic) bond motifs is 2. The third kappa shape index (κ3) is 1.79. The van der Waals surface area contributed by atoms with Gasteiger partial charge >= 0.3 is 5.97 Å². The molecule has 1 aliphatic carbocycles. The summed E-state index contributed by atoms with van der Waals surface area (Å²) >= 11 is 6.51. The second kappa shape index (κ2) is 5.24. The number of methoxy groups -OCH3 is 1. The van der Waals surface area contributed by atoms with Crippen molar-refractivity contribution in [2.24, 2.45) is 11.8 Å². The number of esters is 1. The lowest BCUT2D eigenvalue weighted by molar-refractivity contribution is -0.137. The van der Waals surface area contributed by atoms with Gasteiger partial charge in [0.25, 0.3) is 0 Å². The number of piperidine rings is 1. The first-order valence-corrected chi connectivity index (χ1v) is 9.62. The maximum atomic E-state index is 12.8. The van der Waals surface area contributed by atoms with Crippen LogP contribution in [-0.4, -0.2) is 37.1 Å². The van der Waals surface area contributed by atoms with E-state index in [-0.39, 0.29) is 17.3 Å². The summed E-state index contributed by atoms with van der Waals surface area (Å²) < 4.78 is 5.23. The van der Waals surface area contributed by atoms with Crippen molar-refractivity contribution < 1.29 is 9.53 Å². The van der Waals surface area contributed by atoms with Crippen LogP contribution < -0.4 is 5.32 Å². The maximum Gasteiger partial charge on any atom is 0.335 e. The van der Waals surface area contributed by atoms with E-state index in [1.165, 1.54) is 12.7 Å². The summed E-state index contributed by atoms with van der Waals surface area (Å²) in [7, 11) is 1.49. The number of nitrogens with zero attached hydrogens (tertiary/aromatic N) is 1. The maximum absolute atomic E-state index is 12.8. The molecule has 1 aromatic rings. The molecular weight excluding hydrogens is 336 g/mol. The van der Waals surface area contributed by atoms with Crippen molar-refractivity contribution in [3.63, 3.8) is 0 Å². The van der Waals surface area contributed by atoms with Crippen molar-refractivity contribution in [3.8, 4) is 0 Å². The summed E-state index contributed by atoms with van der Waals surface area (Å²) in [6, 6.07) is 6.60. The van der Waals surface area contributed by atoms with Crippen LogP contribution >= 0.6 is 11.6 Å². The van der Waals surface area contributed by atoms with Crippen molar-refractivity contribution in [3.05, 3.63) is 40.1 Å². The van der Waals surface area contributed by atoms with Crippen LogP contribution in [0.15, 0.2) is 29.5 Å². The minimum absolute atomic E-state index is 0.126. The molecule has 0 radical (unpaired) electrons. The highest BCUT2D eigenvalue weighted by Gasteiger charge is 2.62. The number of benzene rings is 1. The highest BCUT2D eigenvalue weighted by molar-refractivity contribution is 6.33. The molecule has 5 rings (SSSR count). The van der Waals surface area contributed by atoms with Gasteiger partial charge in [0.05, 0.1) is 28.8 Å². The van der Waals surface area contributed by atoms with E-state index in [1.807, 2.05) is 12.1 Å². The van der Waals surface area contributed by atoms with E-state index in [4.69, 9.17) is 16.3 Å². The van der Waals surface area contributed by atoms with Crippen LogP contribution in [0, 0.1) is 11.8 Å². The Morgan fingerprint density at radius 1 is 1.48 bits per heavy atom. The van der Waals surface area contributed by atoms with Crippen LogP contribution in [0.1, 0.15) is 31.7 Å². The zero-order chi connectivity index (χ0) is 17.3. The van der Waals surface area contributed by atoms with Crippen LogP contribution in [-0.2, 0) is 14.9 Å². The molecule has 5 heteroatoms. The molecule has 1 unspecified atom stereocenters. The molecule has 1 spiro atoms. The second-order valence-electron chi connectivity index (χ2n) is 7.81. The molecule has 0 aromatic heterocycles. The van der Waals surface area contributed by atoms with Gasteiger partial charge in [-0.15, -0.1) is 0 Å². The normalized spacial score (nSPS) is 35.2. The summed E-state index contributed by atoms with van der Waals surface area (Å²) in [6.07, 6.45) is 3.17. The average molecular weight is 359 g/mol. The number of hydrogen-bond acceptors (Lipinski definition) is 4. The molecule has 1 N–H and O–H groups in total. The number of rotatable bonds is 2. The van der Waals surface area contributed by atoms with Gasteiger partial charge in [-0.2, -0.15) is 0 Å². The second-order valence-corrected chi connectivity index (χ2v) is 8.22. The van der Waals surface area contributed by atoms with Gasteiger partial charge in [0.1, 0.15) is 0 Å². The minimum atomic E-state index is -0.173. The van der Waals surface area contributed by atoms with E-state index < -0.39 is 0 Å². The Labute approximate surface area is 153 Å². The number of ether oxygens (including phenoxy) is 1. The Morgan fingerprint density at radius 2 is 2.32 bits per heavy atom.